The van der Waals surface area contributed by atoms with E-state index in [4.69, 9.17) is 23.7 Å². The van der Waals surface area contributed by atoms with Crippen molar-refractivity contribution in [2.75, 3.05) is 58.2 Å². The van der Waals surface area contributed by atoms with Gasteiger partial charge in [0.15, 0.2) is 11.5 Å². The van der Waals surface area contributed by atoms with Crippen LogP contribution in [0.15, 0.2) is 35.5 Å². The Labute approximate surface area is 316 Å². The number of hydrogen-bond donors (Lipinski definition) is 2. The number of rotatable bonds is 6. The number of anilines is 2. The number of likely N-dealkylation sites (N-methyl/N-ethyl adjacent to an activating group) is 1. The maximum atomic E-state index is 13.8. The molecule has 7 fully saturated rings. The van der Waals surface area contributed by atoms with Gasteiger partial charge in [-0.2, -0.15) is 0 Å². The Kier molecular flexibility index (Phi) is 6.22. The number of fused-ring (bicyclic) bond motifs is 6. The Balaban J connectivity index is 1.02. The molecule has 12 unspecified atom stereocenters. The summed E-state index contributed by atoms with van der Waals surface area (Å²) in [6.45, 7) is 7.73. The zero-order valence-corrected chi connectivity index (χ0v) is 32.2. The Morgan fingerprint density at radius 1 is 0.963 bits per heavy atom. The van der Waals surface area contributed by atoms with Gasteiger partial charge in [-0.15, -0.1) is 0 Å². The molecule has 1 saturated carbocycles. The zero-order valence-electron chi connectivity index (χ0n) is 32.2. The minimum Gasteiger partial charge on any atom is -0.504 e. The molecule has 2 aromatic carbocycles. The fourth-order valence-electron chi connectivity index (χ4n) is 15.3. The summed E-state index contributed by atoms with van der Waals surface area (Å²) >= 11 is 0. The lowest BCUT2D eigenvalue weighted by atomic mass is 9.52. The van der Waals surface area contributed by atoms with Crippen LogP contribution in [0.2, 0.25) is 0 Å². The van der Waals surface area contributed by atoms with Crippen LogP contribution in [-0.2, 0) is 29.8 Å². The van der Waals surface area contributed by atoms with Crippen LogP contribution in [0.3, 0.4) is 0 Å². The molecule has 2 N–H and O–H groups in total. The van der Waals surface area contributed by atoms with E-state index in [1.807, 2.05) is 6.07 Å². The molecule has 2 aromatic rings. The molecule has 11 heteroatoms. The second kappa shape index (κ2) is 10.3. The second-order valence-corrected chi connectivity index (χ2v) is 18.3. The predicted molar refractivity (Wildman–Crippen MR) is 200 cm³/mol. The maximum Gasteiger partial charge on any atom is 0.335 e. The minimum atomic E-state index is -0.598. The largest absolute Gasteiger partial charge is 0.504 e. The number of hydrogen-bond acceptors (Lipinski definition) is 11. The van der Waals surface area contributed by atoms with Crippen LogP contribution in [0.25, 0.3) is 0 Å². The quantitative estimate of drug-likeness (QED) is 0.238. The summed E-state index contributed by atoms with van der Waals surface area (Å²) in [6, 6.07) is 10.4. The molecule has 8 aliphatic heterocycles. The zero-order chi connectivity index (χ0) is 36.8. The van der Waals surface area contributed by atoms with Crippen molar-refractivity contribution in [3.63, 3.8) is 0 Å². The monoisotopic (exact) mass is 736 g/mol. The molecule has 12 atom stereocenters. The molecule has 12 rings (SSSR count). The highest BCUT2D eigenvalue weighted by Crippen LogP contribution is 2.73. The van der Waals surface area contributed by atoms with Crippen molar-refractivity contribution >= 4 is 17.3 Å². The number of esters is 1. The normalized spacial score (nSPS) is 43.9. The van der Waals surface area contributed by atoms with Crippen LogP contribution < -0.4 is 19.7 Å². The van der Waals surface area contributed by atoms with Gasteiger partial charge in [0.2, 0.25) is 5.75 Å². The van der Waals surface area contributed by atoms with Crippen molar-refractivity contribution < 1.29 is 33.6 Å². The van der Waals surface area contributed by atoms with Crippen molar-refractivity contribution in [3.05, 3.63) is 52.2 Å². The number of epoxide rings is 2. The first-order chi connectivity index (χ1) is 26.2. The summed E-state index contributed by atoms with van der Waals surface area (Å²) in [4.78, 5) is 22.0. The Morgan fingerprint density at radius 2 is 1.78 bits per heavy atom. The maximum absolute atomic E-state index is 13.8. The van der Waals surface area contributed by atoms with Crippen molar-refractivity contribution in [2.24, 2.45) is 10.8 Å². The number of carbonyl (C=O) groups excluding carboxylic acids is 1. The molecule has 0 radical (unpaired) electrons. The third-order valence-electron chi connectivity index (χ3n) is 17.2. The summed E-state index contributed by atoms with van der Waals surface area (Å²) in [5.74, 6) is 0.454. The Bertz CT molecular complexity index is 2090. The van der Waals surface area contributed by atoms with E-state index in [0.717, 1.165) is 49.4 Å². The smallest absolute Gasteiger partial charge is 0.335 e. The lowest BCUT2D eigenvalue weighted by molar-refractivity contribution is -0.137. The fraction of sp³-hybridized carbons (Fsp3) is 0.651. The number of benzene rings is 2. The van der Waals surface area contributed by atoms with Gasteiger partial charge in [-0.25, -0.2) is 4.79 Å². The van der Waals surface area contributed by atoms with Gasteiger partial charge in [-0.3, -0.25) is 9.80 Å². The van der Waals surface area contributed by atoms with Gasteiger partial charge in [-0.1, -0.05) is 26.0 Å². The van der Waals surface area contributed by atoms with E-state index in [0.29, 0.717) is 42.0 Å². The molecule has 6 saturated heterocycles. The number of nitrogens with one attached hydrogen (secondary N) is 1. The van der Waals surface area contributed by atoms with Crippen LogP contribution in [0, 0.1) is 10.8 Å². The van der Waals surface area contributed by atoms with Gasteiger partial charge >= 0.3 is 5.97 Å². The van der Waals surface area contributed by atoms with E-state index in [-0.39, 0.29) is 58.0 Å². The average molecular weight is 737 g/mol. The van der Waals surface area contributed by atoms with Crippen molar-refractivity contribution in [1.82, 2.24) is 9.80 Å². The highest BCUT2D eigenvalue weighted by atomic mass is 16.6. The molecule has 2 aliphatic carbocycles. The number of phenols is 1. The summed E-state index contributed by atoms with van der Waals surface area (Å²) < 4.78 is 30.5. The van der Waals surface area contributed by atoms with Crippen LogP contribution in [0.1, 0.15) is 81.5 Å². The van der Waals surface area contributed by atoms with Gasteiger partial charge < -0.3 is 39.0 Å². The molecule has 10 aliphatic rings. The standard InChI is InChI=1S/C43H52N4O7/c1-7-40-12-11-28-42(13-15-46(38(40)42)20-27-35(40)53-27)23-17-21(9-10-25(23)45(28)3)30-33-36(54-33)41(8-2)19-22(37(49)52-6)34-43(14-16-47(30)39(41)43)24-18-26(48)31(50-4)32(51-5)29(24)44-34/h9-10,17-18,27-28,30,33,35-36,38-39,44,48H,7-8,11-16,19-20H2,1-6H3. The molecular weight excluding hydrogens is 684 g/mol. The fourth-order valence-corrected chi connectivity index (χ4v) is 15.3. The highest BCUT2D eigenvalue weighted by molar-refractivity contribution is 5.94. The van der Waals surface area contributed by atoms with E-state index in [9.17, 15) is 9.90 Å². The Morgan fingerprint density at radius 3 is 2.54 bits per heavy atom. The topological polar surface area (TPSA) is 112 Å². The van der Waals surface area contributed by atoms with Crippen LogP contribution in [-0.4, -0.2) is 111 Å². The van der Waals surface area contributed by atoms with Gasteiger partial charge in [0.1, 0.15) is 6.10 Å². The van der Waals surface area contributed by atoms with Gasteiger partial charge in [0.25, 0.3) is 0 Å². The molecule has 0 aromatic heterocycles. The van der Waals surface area contributed by atoms with Gasteiger partial charge in [-0.05, 0) is 80.3 Å². The molecule has 54 heavy (non-hydrogen) atoms. The molecule has 8 heterocycles. The molecule has 11 nitrogen and oxygen atoms in total. The van der Waals surface area contributed by atoms with E-state index in [1.165, 1.54) is 44.0 Å². The first-order valence-electron chi connectivity index (χ1n) is 20.4. The van der Waals surface area contributed by atoms with Crippen LogP contribution in [0.4, 0.5) is 11.4 Å². The molecule has 286 valence electrons. The molecule has 2 spiro atoms. The first-order valence-corrected chi connectivity index (χ1v) is 20.4. The van der Waals surface area contributed by atoms with E-state index < -0.39 is 5.41 Å². The number of aromatic hydroxyl groups is 1. The average Bonchev–Trinajstić information content (AvgIpc) is 4.03. The number of nitrogens with zero attached hydrogens (tertiary/aromatic N) is 3. The number of phenolic OH excluding ortho intramolecular Hbond substituents is 1. The Hall–Kier alpha value is -3.51. The molecule has 0 amide bonds. The predicted octanol–water partition coefficient (Wildman–Crippen LogP) is 5.00. The SMILES string of the molecule is CCC12CC(C(=O)OC)=C3Nc4c(cc(O)c(OC)c4OC)C34CCN(C(c3ccc5c(c3)C36CCN7CC8OC8C(CC)(CCC3N5C)C76)C3OC31)C42. The lowest BCUT2D eigenvalue weighted by Gasteiger charge is -2.57. The highest BCUT2D eigenvalue weighted by Gasteiger charge is 2.78. The third kappa shape index (κ3) is 3.36. The van der Waals surface area contributed by atoms with Crippen molar-refractivity contribution in [1.29, 1.82) is 0 Å². The number of ether oxygens (including phenoxy) is 5. The van der Waals surface area contributed by atoms with E-state index in [2.05, 4.69) is 59.1 Å². The first kappa shape index (κ1) is 32.7. The molecular formula is C43H52N4O7. The van der Waals surface area contributed by atoms with Gasteiger partial charge in [0, 0.05) is 65.9 Å². The number of piperidine rings is 2. The van der Waals surface area contributed by atoms with E-state index >= 15 is 0 Å². The minimum absolute atomic E-state index is 0.00347. The number of methoxy groups -OCH3 is 3. The number of carbonyl (C=O) groups is 1. The second-order valence-electron chi connectivity index (χ2n) is 18.3. The van der Waals surface area contributed by atoms with E-state index in [1.54, 1.807) is 19.8 Å². The van der Waals surface area contributed by atoms with Crippen molar-refractivity contribution in [3.8, 4) is 17.2 Å². The van der Waals surface area contributed by atoms with Gasteiger partial charge in [0.05, 0.1) is 62.4 Å². The third-order valence-corrected chi connectivity index (χ3v) is 17.2. The van der Waals surface area contributed by atoms with Crippen LogP contribution >= 0.6 is 0 Å². The van der Waals surface area contributed by atoms with Crippen LogP contribution in [0.5, 0.6) is 17.2 Å². The summed E-state index contributed by atoms with van der Waals surface area (Å²) in [6.07, 6.45) is 7.89. The molecule has 0 bridgehead atoms. The summed E-state index contributed by atoms with van der Waals surface area (Å²) in [5.41, 5.74) is 6.93. The lowest BCUT2D eigenvalue weighted by Crippen LogP contribution is -2.66. The summed E-state index contributed by atoms with van der Waals surface area (Å²) in [5, 5.41) is 15.1. The summed E-state index contributed by atoms with van der Waals surface area (Å²) in [7, 11) is 6.96. The van der Waals surface area contributed by atoms with Crippen molar-refractivity contribution in [2.45, 2.75) is 118 Å².